The van der Waals surface area contributed by atoms with Crippen LogP contribution in [-0.4, -0.2) is 36.6 Å². The molecule has 1 atom stereocenters. The second kappa shape index (κ2) is 7.43. The van der Waals surface area contributed by atoms with Crippen molar-refractivity contribution in [1.29, 1.82) is 0 Å². The molecule has 1 heterocycles. The Bertz CT molecular complexity index is 431. The van der Waals surface area contributed by atoms with Crippen LogP contribution in [0.1, 0.15) is 32.2 Å². The van der Waals surface area contributed by atoms with Crippen LogP contribution in [-0.2, 0) is 18.2 Å². The summed E-state index contributed by atoms with van der Waals surface area (Å²) in [5.41, 5.74) is 2.16. The van der Waals surface area contributed by atoms with E-state index in [0.29, 0.717) is 5.92 Å². The zero-order valence-corrected chi connectivity index (χ0v) is 14.3. The maximum absolute atomic E-state index is 6.38. The van der Waals surface area contributed by atoms with Gasteiger partial charge in [-0.15, -0.1) is 0 Å². The maximum atomic E-state index is 6.38. The molecular formula is C15H28ClN3O. The number of nitrogens with zero attached hydrogens (tertiary/aromatic N) is 2. The molecule has 1 aromatic rings. The van der Waals surface area contributed by atoms with Gasteiger partial charge in [-0.1, -0.05) is 32.4 Å². The Morgan fingerprint density at radius 1 is 1.45 bits per heavy atom. The number of nitrogens with one attached hydrogen (secondary N) is 1. The van der Waals surface area contributed by atoms with Gasteiger partial charge < -0.3 is 10.1 Å². The van der Waals surface area contributed by atoms with Crippen molar-refractivity contribution in [1.82, 2.24) is 15.1 Å². The molecule has 0 aromatic carbocycles. The van der Waals surface area contributed by atoms with E-state index < -0.39 is 0 Å². The Morgan fingerprint density at radius 2 is 2.10 bits per heavy atom. The summed E-state index contributed by atoms with van der Waals surface area (Å²) in [6.07, 6.45) is 0.917. The highest BCUT2D eigenvalue weighted by Gasteiger charge is 2.31. The van der Waals surface area contributed by atoms with Gasteiger partial charge >= 0.3 is 0 Å². The minimum Gasteiger partial charge on any atom is -0.383 e. The summed E-state index contributed by atoms with van der Waals surface area (Å²) in [6.45, 7) is 11.3. The van der Waals surface area contributed by atoms with Crippen molar-refractivity contribution in [3.05, 3.63) is 16.4 Å². The maximum Gasteiger partial charge on any atom is 0.0847 e. The van der Waals surface area contributed by atoms with E-state index in [4.69, 9.17) is 16.3 Å². The van der Waals surface area contributed by atoms with Crippen molar-refractivity contribution in [2.24, 2.45) is 18.4 Å². The largest absolute Gasteiger partial charge is 0.383 e. The minimum atomic E-state index is 0.137. The first-order valence-electron chi connectivity index (χ1n) is 7.19. The lowest BCUT2D eigenvalue weighted by atomic mass is 9.75. The number of aryl methyl sites for hydroxylation is 2. The second-order valence-electron chi connectivity index (χ2n) is 6.12. The lowest BCUT2D eigenvalue weighted by Gasteiger charge is -2.34. The highest BCUT2D eigenvalue weighted by molar-refractivity contribution is 6.31. The van der Waals surface area contributed by atoms with Crippen molar-refractivity contribution in [2.75, 3.05) is 26.8 Å². The van der Waals surface area contributed by atoms with Crippen molar-refractivity contribution >= 4 is 11.6 Å². The summed E-state index contributed by atoms with van der Waals surface area (Å²) in [5.74, 6) is 0.545. The normalized spacial score (nSPS) is 14.8. The third-order valence-electron chi connectivity index (χ3n) is 4.24. The van der Waals surface area contributed by atoms with E-state index in [0.717, 1.165) is 42.5 Å². The third kappa shape index (κ3) is 4.21. The Morgan fingerprint density at radius 3 is 2.55 bits per heavy atom. The van der Waals surface area contributed by atoms with Crippen LogP contribution >= 0.6 is 11.6 Å². The number of aromatic nitrogens is 2. The van der Waals surface area contributed by atoms with Crippen LogP contribution in [0.3, 0.4) is 0 Å². The first kappa shape index (κ1) is 17.5. The Labute approximate surface area is 127 Å². The van der Waals surface area contributed by atoms with Crippen LogP contribution in [0.5, 0.6) is 0 Å². The van der Waals surface area contributed by atoms with E-state index >= 15 is 0 Å². The van der Waals surface area contributed by atoms with Gasteiger partial charge in [0.1, 0.15) is 0 Å². The van der Waals surface area contributed by atoms with Gasteiger partial charge in [-0.3, -0.25) is 4.68 Å². The fourth-order valence-electron chi connectivity index (χ4n) is 2.27. The van der Waals surface area contributed by atoms with Crippen LogP contribution < -0.4 is 5.32 Å². The molecule has 1 aromatic heterocycles. The number of methoxy groups -OCH3 is 1. The summed E-state index contributed by atoms with van der Waals surface area (Å²) >= 11 is 6.38. The fraction of sp³-hybridized carbons (Fsp3) is 0.800. The van der Waals surface area contributed by atoms with Crippen LogP contribution in [0, 0.1) is 18.3 Å². The first-order chi connectivity index (χ1) is 9.31. The Kier molecular flexibility index (Phi) is 6.49. The lowest BCUT2D eigenvalue weighted by Crippen LogP contribution is -2.39. The van der Waals surface area contributed by atoms with Gasteiger partial charge in [0.2, 0.25) is 0 Å². The highest BCUT2D eigenvalue weighted by Crippen LogP contribution is 2.33. The molecule has 0 bridgehead atoms. The summed E-state index contributed by atoms with van der Waals surface area (Å²) in [7, 11) is 3.69. The van der Waals surface area contributed by atoms with Crippen LogP contribution in [0.25, 0.3) is 0 Å². The second-order valence-corrected chi connectivity index (χ2v) is 6.50. The molecule has 5 heteroatoms. The first-order valence-corrected chi connectivity index (χ1v) is 7.57. The fourth-order valence-corrected chi connectivity index (χ4v) is 2.50. The van der Waals surface area contributed by atoms with Crippen LogP contribution in [0.15, 0.2) is 0 Å². The molecule has 0 saturated carbocycles. The Hall–Kier alpha value is -0.580. The molecule has 20 heavy (non-hydrogen) atoms. The zero-order valence-electron chi connectivity index (χ0n) is 13.6. The summed E-state index contributed by atoms with van der Waals surface area (Å²) in [4.78, 5) is 0. The SMILES string of the molecule is COCCNCC(C)(Cc1c(Cl)c(C)nn1C)C(C)C. The zero-order chi connectivity index (χ0) is 15.3. The molecule has 0 radical (unpaired) electrons. The average molecular weight is 302 g/mol. The van der Waals surface area contributed by atoms with E-state index in [2.05, 4.69) is 31.2 Å². The molecule has 1 unspecified atom stereocenters. The minimum absolute atomic E-state index is 0.137. The summed E-state index contributed by atoms with van der Waals surface area (Å²) < 4.78 is 6.99. The van der Waals surface area contributed by atoms with Crippen molar-refractivity contribution in [3.8, 4) is 0 Å². The van der Waals surface area contributed by atoms with E-state index in [1.807, 2.05) is 18.7 Å². The predicted molar refractivity (Wildman–Crippen MR) is 84.3 cm³/mol. The van der Waals surface area contributed by atoms with E-state index in [-0.39, 0.29) is 5.41 Å². The molecule has 0 fully saturated rings. The molecule has 1 N–H and O–H groups in total. The van der Waals surface area contributed by atoms with Gasteiger partial charge in [-0.25, -0.2) is 0 Å². The topological polar surface area (TPSA) is 39.1 Å². The number of hydrogen-bond donors (Lipinski definition) is 1. The molecule has 0 aliphatic rings. The van der Waals surface area contributed by atoms with E-state index in [9.17, 15) is 0 Å². The quantitative estimate of drug-likeness (QED) is 0.751. The monoisotopic (exact) mass is 301 g/mol. The van der Waals surface area contributed by atoms with Gasteiger partial charge in [0.05, 0.1) is 23.0 Å². The van der Waals surface area contributed by atoms with E-state index in [1.54, 1.807) is 7.11 Å². The molecule has 1 rings (SSSR count). The molecule has 0 saturated heterocycles. The number of hydrogen-bond acceptors (Lipinski definition) is 3. The summed E-state index contributed by atoms with van der Waals surface area (Å²) in [5, 5.41) is 8.69. The van der Waals surface area contributed by atoms with Gasteiger partial charge in [0.15, 0.2) is 0 Å². The Balaban J connectivity index is 2.80. The number of halogens is 1. The number of rotatable bonds is 8. The van der Waals surface area contributed by atoms with E-state index in [1.165, 1.54) is 0 Å². The molecule has 0 aliphatic heterocycles. The van der Waals surface area contributed by atoms with Crippen molar-refractivity contribution < 1.29 is 4.74 Å². The number of ether oxygens (including phenoxy) is 1. The molecule has 4 nitrogen and oxygen atoms in total. The van der Waals surface area contributed by atoms with Gasteiger partial charge in [-0.2, -0.15) is 5.10 Å². The van der Waals surface area contributed by atoms with Crippen molar-refractivity contribution in [3.63, 3.8) is 0 Å². The molecule has 0 spiro atoms. The van der Waals surface area contributed by atoms with Gasteiger partial charge in [0, 0.05) is 27.2 Å². The average Bonchev–Trinajstić information content (AvgIpc) is 2.61. The van der Waals surface area contributed by atoms with Crippen molar-refractivity contribution in [2.45, 2.75) is 34.1 Å². The molecule has 0 aliphatic carbocycles. The molecular weight excluding hydrogens is 274 g/mol. The van der Waals surface area contributed by atoms with Crippen LogP contribution in [0.4, 0.5) is 0 Å². The summed E-state index contributed by atoms with van der Waals surface area (Å²) in [6, 6.07) is 0. The van der Waals surface area contributed by atoms with Gasteiger partial charge in [0.25, 0.3) is 0 Å². The van der Waals surface area contributed by atoms with Crippen LogP contribution in [0.2, 0.25) is 5.02 Å². The van der Waals surface area contributed by atoms with Gasteiger partial charge in [-0.05, 0) is 24.7 Å². The molecule has 0 amide bonds. The molecule has 116 valence electrons. The smallest absolute Gasteiger partial charge is 0.0847 e. The third-order valence-corrected chi connectivity index (χ3v) is 4.73. The predicted octanol–water partition coefficient (Wildman–Crippen LogP) is 2.82. The standard InChI is InChI=1S/C15H28ClN3O/c1-11(2)15(4,10-17-7-8-20-6)9-13-14(16)12(3)18-19(13)5/h11,17H,7-10H2,1-6H3. The highest BCUT2D eigenvalue weighted by atomic mass is 35.5. The lowest BCUT2D eigenvalue weighted by molar-refractivity contribution is 0.173.